The third-order valence-corrected chi connectivity index (χ3v) is 4.98. The van der Waals surface area contributed by atoms with Gasteiger partial charge in [0.2, 0.25) is 0 Å². The third-order valence-electron chi connectivity index (χ3n) is 4.98. The van der Waals surface area contributed by atoms with Crippen molar-refractivity contribution >= 4 is 22.7 Å². The van der Waals surface area contributed by atoms with Crippen molar-refractivity contribution in [2.24, 2.45) is 0 Å². The van der Waals surface area contributed by atoms with Gasteiger partial charge >= 0.3 is 5.97 Å². The minimum absolute atomic E-state index is 0.0307. The lowest BCUT2D eigenvalue weighted by molar-refractivity contribution is -0.136. The zero-order valence-corrected chi connectivity index (χ0v) is 16.8. The molecule has 0 saturated heterocycles. The number of aryl methyl sites for hydroxylation is 1. The molecule has 31 heavy (non-hydrogen) atoms. The van der Waals surface area contributed by atoms with E-state index in [0.29, 0.717) is 23.1 Å². The summed E-state index contributed by atoms with van der Waals surface area (Å²) in [6.07, 6.45) is 3.46. The van der Waals surface area contributed by atoms with Crippen LogP contribution in [0.25, 0.3) is 16.6 Å². The highest BCUT2D eigenvalue weighted by molar-refractivity contribution is 5.82. The van der Waals surface area contributed by atoms with Gasteiger partial charge in [-0.2, -0.15) is 5.10 Å². The molecule has 0 radical (unpaired) electrons. The summed E-state index contributed by atoms with van der Waals surface area (Å²) >= 11 is 0. The third kappa shape index (κ3) is 4.48. The van der Waals surface area contributed by atoms with Crippen LogP contribution in [0.2, 0.25) is 0 Å². The Hall–Kier alpha value is -3.94. The van der Waals surface area contributed by atoms with Crippen molar-refractivity contribution in [2.45, 2.75) is 25.9 Å². The molecule has 2 aromatic carbocycles. The van der Waals surface area contributed by atoms with Crippen molar-refractivity contribution in [3.05, 3.63) is 77.9 Å². The summed E-state index contributed by atoms with van der Waals surface area (Å²) in [5.41, 5.74) is 9.14. The average molecular weight is 420 g/mol. The van der Waals surface area contributed by atoms with Gasteiger partial charge in [-0.1, -0.05) is 6.07 Å². The van der Waals surface area contributed by atoms with Gasteiger partial charge in [-0.15, -0.1) is 0 Å². The summed E-state index contributed by atoms with van der Waals surface area (Å²) in [7, 11) is 0. The van der Waals surface area contributed by atoms with Crippen LogP contribution < -0.4 is 10.5 Å². The first-order valence-corrected chi connectivity index (χ1v) is 9.78. The number of hydrogen-bond acceptors (Lipinski definition) is 5. The molecule has 0 aliphatic rings. The van der Waals surface area contributed by atoms with Crippen molar-refractivity contribution < 1.29 is 19.0 Å². The van der Waals surface area contributed by atoms with E-state index in [4.69, 9.17) is 15.6 Å². The summed E-state index contributed by atoms with van der Waals surface area (Å²) in [5, 5.41) is 13.9. The fraction of sp³-hybridized carbons (Fsp3) is 0.174. The van der Waals surface area contributed by atoms with Crippen LogP contribution in [0.4, 0.5) is 10.2 Å². The molecule has 8 heteroatoms. The smallest absolute Gasteiger partial charge is 0.303 e. The lowest BCUT2D eigenvalue weighted by Gasteiger charge is -2.20. The second-order valence-electron chi connectivity index (χ2n) is 7.21. The molecule has 0 saturated carbocycles. The van der Waals surface area contributed by atoms with Crippen LogP contribution >= 0.6 is 0 Å². The number of halogens is 1. The molecule has 3 N–H and O–H groups in total. The Labute approximate surface area is 177 Å². The number of ether oxygens (including phenoxy) is 1. The maximum atomic E-state index is 13.6. The number of nitrogen functional groups attached to an aromatic ring is 1. The number of carbonyl (C=O) groups is 1. The number of anilines is 1. The first kappa shape index (κ1) is 20.3. The van der Waals surface area contributed by atoms with Gasteiger partial charge in [0.15, 0.2) is 11.6 Å². The predicted molar refractivity (Wildman–Crippen MR) is 115 cm³/mol. The molecular weight excluding hydrogens is 399 g/mol. The molecule has 7 nitrogen and oxygen atoms in total. The van der Waals surface area contributed by atoms with Crippen LogP contribution in [-0.4, -0.2) is 25.8 Å². The molecule has 0 bridgehead atoms. The summed E-state index contributed by atoms with van der Waals surface area (Å²) in [6.45, 7) is 1.86. The molecule has 2 aromatic heterocycles. The van der Waals surface area contributed by atoms with E-state index in [2.05, 4.69) is 10.1 Å². The Morgan fingerprint density at radius 1 is 1.26 bits per heavy atom. The fourth-order valence-electron chi connectivity index (χ4n) is 3.45. The molecule has 0 aliphatic carbocycles. The first-order valence-electron chi connectivity index (χ1n) is 9.78. The summed E-state index contributed by atoms with van der Waals surface area (Å²) < 4.78 is 21.5. The van der Waals surface area contributed by atoms with Gasteiger partial charge in [-0.05, 0) is 61.4 Å². The molecule has 0 amide bonds. The Morgan fingerprint density at radius 2 is 2.10 bits per heavy atom. The van der Waals surface area contributed by atoms with Gasteiger partial charge in [0.05, 0.1) is 11.2 Å². The van der Waals surface area contributed by atoms with Crippen LogP contribution in [0.1, 0.15) is 30.6 Å². The lowest BCUT2D eigenvalue weighted by Crippen LogP contribution is -2.11. The summed E-state index contributed by atoms with van der Waals surface area (Å²) in [6, 6.07) is 13.4. The number of nitrogens with zero attached hydrogens (tertiary/aromatic N) is 3. The van der Waals surface area contributed by atoms with E-state index in [1.165, 1.54) is 12.1 Å². The lowest BCUT2D eigenvalue weighted by atomic mass is 10.0. The topological polar surface area (TPSA) is 103 Å². The number of pyridine rings is 1. The standard InChI is InChI=1S/C23H21FN4O3/c1-14(31-21-13-16-12-17(24)5-6-19(16)27-23(21)25)18-11-15(4-8-22(29)30)3-7-20(18)28-10-2-9-26-28/h2-3,5-7,9-14H,4,8H2,1H3,(H2,25,27)(H,29,30)/t14-/m0/s1. The molecule has 2 heterocycles. The van der Waals surface area contributed by atoms with Crippen LogP contribution in [0.15, 0.2) is 60.9 Å². The minimum atomic E-state index is -0.857. The molecule has 0 aliphatic heterocycles. The molecule has 0 fully saturated rings. The largest absolute Gasteiger partial charge is 0.482 e. The van der Waals surface area contributed by atoms with Gasteiger partial charge in [0.1, 0.15) is 11.9 Å². The molecular formula is C23H21FN4O3. The van der Waals surface area contributed by atoms with Crippen molar-refractivity contribution in [3.63, 3.8) is 0 Å². The highest BCUT2D eigenvalue weighted by atomic mass is 19.1. The highest BCUT2D eigenvalue weighted by Crippen LogP contribution is 2.32. The van der Waals surface area contributed by atoms with Crippen LogP contribution in [0.3, 0.4) is 0 Å². The van der Waals surface area contributed by atoms with Crippen LogP contribution in [-0.2, 0) is 11.2 Å². The molecule has 4 rings (SSSR count). The maximum Gasteiger partial charge on any atom is 0.303 e. The number of aliphatic carboxylic acids is 1. The van der Waals surface area contributed by atoms with Crippen molar-refractivity contribution in [1.29, 1.82) is 0 Å². The first-order chi connectivity index (χ1) is 14.9. The van der Waals surface area contributed by atoms with E-state index in [1.54, 1.807) is 23.0 Å². The van der Waals surface area contributed by atoms with Gasteiger partial charge in [-0.25, -0.2) is 14.1 Å². The number of nitrogens with two attached hydrogens (primary N) is 1. The van der Waals surface area contributed by atoms with Crippen molar-refractivity contribution in [3.8, 4) is 11.4 Å². The van der Waals surface area contributed by atoms with Gasteiger partial charge in [0.25, 0.3) is 0 Å². The highest BCUT2D eigenvalue weighted by Gasteiger charge is 2.17. The van der Waals surface area contributed by atoms with E-state index < -0.39 is 12.1 Å². The van der Waals surface area contributed by atoms with Gasteiger partial charge < -0.3 is 15.6 Å². The molecule has 0 spiro atoms. The Kier molecular flexibility index (Phi) is 5.53. The Bertz CT molecular complexity index is 1240. The Morgan fingerprint density at radius 3 is 2.84 bits per heavy atom. The number of carboxylic acid groups (broad SMARTS) is 1. The second kappa shape index (κ2) is 8.43. The zero-order chi connectivity index (χ0) is 22.0. The van der Waals surface area contributed by atoms with Crippen LogP contribution in [0, 0.1) is 5.82 Å². The number of carboxylic acids is 1. The number of benzene rings is 2. The molecule has 4 aromatic rings. The fourth-order valence-corrected chi connectivity index (χ4v) is 3.45. The normalized spacial score (nSPS) is 12.1. The number of rotatable bonds is 7. The number of hydrogen-bond donors (Lipinski definition) is 2. The second-order valence-corrected chi connectivity index (χ2v) is 7.21. The van der Waals surface area contributed by atoms with Gasteiger partial charge in [-0.3, -0.25) is 4.79 Å². The molecule has 158 valence electrons. The maximum absolute atomic E-state index is 13.6. The molecule has 1 atom stereocenters. The van der Waals surface area contributed by atoms with Crippen molar-refractivity contribution in [1.82, 2.24) is 14.8 Å². The van der Waals surface area contributed by atoms with Crippen LogP contribution in [0.5, 0.6) is 5.75 Å². The zero-order valence-electron chi connectivity index (χ0n) is 16.8. The van der Waals surface area contributed by atoms with E-state index >= 15 is 0 Å². The summed E-state index contributed by atoms with van der Waals surface area (Å²) in [4.78, 5) is 15.3. The Balaban J connectivity index is 1.70. The average Bonchev–Trinajstić information content (AvgIpc) is 3.27. The van der Waals surface area contributed by atoms with Gasteiger partial charge in [0, 0.05) is 29.8 Å². The molecule has 0 unspecified atom stereocenters. The summed E-state index contributed by atoms with van der Waals surface area (Å²) in [5.74, 6) is -0.684. The monoisotopic (exact) mass is 420 g/mol. The van der Waals surface area contributed by atoms with Crippen molar-refractivity contribution in [2.75, 3.05) is 5.73 Å². The van der Waals surface area contributed by atoms with E-state index in [-0.39, 0.29) is 18.1 Å². The SMILES string of the molecule is C[C@H](Oc1cc2cc(F)ccc2nc1N)c1cc(CCC(=O)O)ccc1-n1cccn1. The quantitative estimate of drug-likeness (QED) is 0.462. The van der Waals surface area contributed by atoms with E-state index in [9.17, 15) is 9.18 Å². The number of aromatic nitrogens is 3. The van der Waals surface area contributed by atoms with E-state index in [1.807, 2.05) is 37.4 Å². The number of fused-ring (bicyclic) bond motifs is 1. The minimum Gasteiger partial charge on any atom is -0.482 e. The predicted octanol–water partition coefficient (Wildman–Crippen LogP) is 4.30. The van der Waals surface area contributed by atoms with E-state index in [0.717, 1.165) is 16.8 Å².